The van der Waals surface area contributed by atoms with Gasteiger partial charge in [-0.15, -0.1) is 0 Å². The van der Waals surface area contributed by atoms with Gasteiger partial charge in [-0.3, -0.25) is 4.57 Å². The van der Waals surface area contributed by atoms with Crippen molar-refractivity contribution in [2.24, 2.45) is 0 Å². The van der Waals surface area contributed by atoms with Crippen LogP contribution in [0.2, 0.25) is 0 Å². The van der Waals surface area contributed by atoms with E-state index in [4.69, 9.17) is 17.9 Å². The average Bonchev–Trinajstić information content (AvgIpc) is 2.13. The van der Waals surface area contributed by atoms with Gasteiger partial charge in [-0.1, -0.05) is 24.3 Å². The van der Waals surface area contributed by atoms with Gasteiger partial charge in [0.2, 0.25) is 0 Å². The zero-order valence-corrected chi connectivity index (χ0v) is 12.2. The summed E-state index contributed by atoms with van der Waals surface area (Å²) in [5, 5.41) is 0. The van der Waals surface area contributed by atoms with Gasteiger partial charge >= 0.3 is 30.1 Å². The van der Waals surface area contributed by atoms with Crippen molar-refractivity contribution in [2.45, 2.75) is 13.8 Å². The fourth-order valence-electron chi connectivity index (χ4n) is 0.663. The third kappa shape index (κ3) is 11.8. The molecule has 6 heteroatoms. The second kappa shape index (κ2) is 10.9. The van der Waals surface area contributed by atoms with Crippen LogP contribution in [-0.2, 0) is 26.4 Å². The minimum atomic E-state index is -3.13. The molecule has 0 atom stereocenters. The van der Waals surface area contributed by atoms with Crippen LogP contribution in [0.5, 0.6) is 0 Å². The summed E-state index contributed by atoms with van der Waals surface area (Å²) in [6.45, 7) is 4.24. The van der Waals surface area contributed by atoms with Crippen LogP contribution in [0.25, 0.3) is 0 Å². The van der Waals surface area contributed by atoms with Crippen molar-refractivity contribution < 1.29 is 36.2 Å². The van der Waals surface area contributed by atoms with E-state index in [-0.39, 0.29) is 18.3 Å². The molecular weight excluding hydrogens is 256 g/mol. The zero-order valence-electron chi connectivity index (χ0n) is 8.23. The predicted octanol–water partition coefficient (Wildman–Crippen LogP) is 1.54. The molecule has 0 heterocycles. The Morgan fingerprint density at radius 3 is 1.43 bits per heavy atom. The van der Waals surface area contributed by atoms with Crippen molar-refractivity contribution in [1.82, 2.24) is 0 Å². The molecule has 0 radical (unpaired) electrons. The molecular formula is C8H13O4PZn. The molecule has 0 unspecified atom stereocenters. The number of benzene rings is 1. The number of hydrogen-bond acceptors (Lipinski definition) is 2. The quantitative estimate of drug-likeness (QED) is 0.553. The molecule has 0 aliphatic heterocycles. The minimum absolute atomic E-state index is 0.125. The van der Waals surface area contributed by atoms with Crippen molar-refractivity contribution in [3.63, 3.8) is 0 Å². The van der Waals surface area contributed by atoms with Crippen LogP contribution < -0.4 is 0 Å². The molecule has 4 nitrogen and oxygen atoms in total. The normalized spacial score (nSPS) is 8.21. The van der Waals surface area contributed by atoms with Gasteiger partial charge in [0.15, 0.2) is 0 Å². The monoisotopic (exact) mass is 268 g/mol. The van der Waals surface area contributed by atoms with Crippen LogP contribution in [0.4, 0.5) is 0 Å². The first kappa shape index (κ1) is 16.2. The third-order valence-corrected chi connectivity index (χ3v) is 1.43. The molecule has 0 saturated carbocycles. The van der Waals surface area contributed by atoms with E-state index in [1.807, 2.05) is 0 Å². The molecule has 0 aliphatic rings. The van der Waals surface area contributed by atoms with Gasteiger partial charge < -0.3 is 9.79 Å². The third-order valence-electron chi connectivity index (χ3n) is 1.43. The standard InChI is InChI=1S/C8H10.H3O3P.O.Zn/c1-7-5-3-4-6-8(7)2;1-4(2)3;;/h3-6H,1-2H3;4H,(H2,1,2,3);;. The maximum atomic E-state index is 8.74. The fourth-order valence-corrected chi connectivity index (χ4v) is 0.663. The molecule has 2 N–H and O–H groups in total. The summed E-state index contributed by atoms with van der Waals surface area (Å²) in [5.74, 6) is 0. The van der Waals surface area contributed by atoms with Crippen LogP contribution in [0, 0.1) is 13.8 Å². The average molecular weight is 270 g/mol. The SMILES string of the molecule is Cc1ccccc1C.O=[PH](O)O.[O]=[Zn]. The van der Waals surface area contributed by atoms with E-state index < -0.39 is 8.25 Å². The Balaban J connectivity index is 0. The molecule has 76 valence electrons. The van der Waals surface area contributed by atoms with Crippen molar-refractivity contribution in [1.29, 1.82) is 0 Å². The molecule has 0 spiro atoms. The van der Waals surface area contributed by atoms with Gasteiger partial charge in [0.1, 0.15) is 0 Å². The molecule has 1 rings (SSSR count). The number of aryl methyl sites for hydroxylation is 2. The first-order chi connectivity index (χ1) is 6.54. The first-order valence-corrected chi connectivity index (χ1v) is 6.28. The summed E-state index contributed by atoms with van der Waals surface area (Å²) >= 11 is 0.125. The molecule has 0 aliphatic carbocycles. The Kier molecular flexibility index (Phi) is 12.6. The van der Waals surface area contributed by atoms with Crippen LogP contribution in [0.3, 0.4) is 0 Å². The Hall–Kier alpha value is -0.207. The summed E-state index contributed by atoms with van der Waals surface area (Å²) in [5.41, 5.74) is 2.74. The van der Waals surface area contributed by atoms with E-state index in [0.717, 1.165) is 0 Å². The van der Waals surface area contributed by atoms with Crippen molar-refractivity contribution in [2.75, 3.05) is 0 Å². The van der Waals surface area contributed by atoms with E-state index in [0.29, 0.717) is 0 Å². The molecule has 0 aromatic heterocycles. The van der Waals surface area contributed by atoms with Crippen LogP contribution in [-0.4, -0.2) is 9.79 Å². The van der Waals surface area contributed by atoms with Crippen LogP contribution in [0.15, 0.2) is 24.3 Å². The summed E-state index contributed by atoms with van der Waals surface area (Å²) in [6.07, 6.45) is 0. The van der Waals surface area contributed by atoms with E-state index in [9.17, 15) is 0 Å². The summed E-state index contributed by atoms with van der Waals surface area (Å²) < 4.78 is 17.1. The van der Waals surface area contributed by atoms with Crippen molar-refractivity contribution in [3.05, 3.63) is 35.4 Å². The molecule has 1 aromatic carbocycles. The van der Waals surface area contributed by atoms with Gasteiger partial charge in [-0.05, 0) is 25.0 Å². The molecule has 0 amide bonds. The number of rotatable bonds is 0. The van der Waals surface area contributed by atoms with Gasteiger partial charge in [-0.2, -0.15) is 0 Å². The molecule has 0 fully saturated rings. The Labute approximate surface area is 93.9 Å². The molecule has 0 saturated heterocycles. The van der Waals surface area contributed by atoms with Gasteiger partial charge in [0.05, 0.1) is 0 Å². The van der Waals surface area contributed by atoms with E-state index in [1.54, 1.807) is 0 Å². The van der Waals surface area contributed by atoms with E-state index in [2.05, 4.69) is 38.1 Å². The molecule has 1 aromatic rings. The topological polar surface area (TPSA) is 74.6 Å². The van der Waals surface area contributed by atoms with Crippen LogP contribution >= 0.6 is 8.25 Å². The Morgan fingerprint density at radius 1 is 1.07 bits per heavy atom. The molecule has 14 heavy (non-hydrogen) atoms. The summed E-state index contributed by atoms with van der Waals surface area (Å²) in [4.78, 5) is 14.3. The summed E-state index contributed by atoms with van der Waals surface area (Å²) in [7, 11) is -3.13. The van der Waals surface area contributed by atoms with E-state index in [1.165, 1.54) is 11.1 Å². The van der Waals surface area contributed by atoms with Gasteiger partial charge in [0, 0.05) is 0 Å². The second-order valence-corrected chi connectivity index (χ2v) is 2.93. The fraction of sp³-hybridized carbons (Fsp3) is 0.250. The number of hydrogen-bond donors (Lipinski definition) is 2. The second-order valence-electron chi connectivity index (χ2n) is 2.37. The van der Waals surface area contributed by atoms with Crippen molar-refractivity contribution >= 4 is 8.25 Å². The Bertz CT molecular complexity index is 255. The molecule has 0 bridgehead atoms. The van der Waals surface area contributed by atoms with Crippen LogP contribution in [0.1, 0.15) is 11.1 Å². The van der Waals surface area contributed by atoms with Crippen molar-refractivity contribution in [3.8, 4) is 0 Å². The summed E-state index contributed by atoms with van der Waals surface area (Å²) in [6, 6.07) is 8.36. The predicted molar refractivity (Wildman–Crippen MR) is 50.0 cm³/mol. The van der Waals surface area contributed by atoms with E-state index >= 15 is 0 Å². The Morgan fingerprint density at radius 2 is 1.29 bits per heavy atom. The maximum absolute atomic E-state index is 8.74. The first-order valence-electron chi connectivity index (χ1n) is 3.77. The zero-order chi connectivity index (χ0) is 11.6. The van der Waals surface area contributed by atoms with Gasteiger partial charge in [-0.25, -0.2) is 0 Å². The van der Waals surface area contributed by atoms with Gasteiger partial charge in [0.25, 0.3) is 0 Å².